The van der Waals surface area contributed by atoms with Crippen molar-refractivity contribution < 1.29 is 9.57 Å². The molecule has 1 aliphatic rings. The van der Waals surface area contributed by atoms with E-state index in [2.05, 4.69) is 15.1 Å². The van der Waals surface area contributed by atoms with Crippen molar-refractivity contribution in [3.05, 3.63) is 77.5 Å². The van der Waals surface area contributed by atoms with E-state index in [0.717, 1.165) is 22.4 Å². The van der Waals surface area contributed by atoms with Crippen molar-refractivity contribution in [2.75, 3.05) is 11.5 Å². The van der Waals surface area contributed by atoms with Gasteiger partial charge < -0.3 is 21.0 Å². The van der Waals surface area contributed by atoms with Gasteiger partial charge in [-0.3, -0.25) is 0 Å². The van der Waals surface area contributed by atoms with Gasteiger partial charge in [-0.25, -0.2) is 9.97 Å². The highest BCUT2D eigenvalue weighted by Gasteiger charge is 2.25. The van der Waals surface area contributed by atoms with Crippen molar-refractivity contribution in [1.29, 1.82) is 0 Å². The van der Waals surface area contributed by atoms with Crippen molar-refractivity contribution in [3.63, 3.8) is 0 Å². The van der Waals surface area contributed by atoms with Gasteiger partial charge in [-0.05, 0) is 23.3 Å². The molecule has 4 N–H and O–H groups in total. The second-order valence-electron chi connectivity index (χ2n) is 6.62. The summed E-state index contributed by atoms with van der Waals surface area (Å²) in [6.45, 7) is 0.493. The number of pyridine rings is 2. The third kappa shape index (κ3) is 4.20. The third-order valence-corrected chi connectivity index (χ3v) is 4.49. The topological polar surface area (TPSA) is 109 Å². The summed E-state index contributed by atoms with van der Waals surface area (Å²) >= 11 is 0. The Balaban J connectivity index is 1.32. The summed E-state index contributed by atoms with van der Waals surface area (Å²) in [4.78, 5) is 14.0. The maximum absolute atomic E-state index is 5.94. The zero-order chi connectivity index (χ0) is 19.3. The highest BCUT2D eigenvalue weighted by molar-refractivity contribution is 5.87. The molecule has 0 amide bonds. The van der Waals surface area contributed by atoms with E-state index in [1.54, 1.807) is 12.3 Å². The number of ether oxygens (including phenoxy) is 1. The van der Waals surface area contributed by atoms with E-state index in [9.17, 15) is 0 Å². The lowest BCUT2D eigenvalue weighted by Gasteiger charge is -2.11. The van der Waals surface area contributed by atoms with E-state index in [-0.39, 0.29) is 6.10 Å². The number of hydrogen-bond donors (Lipinski definition) is 2. The molecule has 0 aliphatic carbocycles. The van der Waals surface area contributed by atoms with Crippen molar-refractivity contribution in [1.82, 2.24) is 9.97 Å². The second-order valence-corrected chi connectivity index (χ2v) is 6.62. The summed E-state index contributed by atoms with van der Waals surface area (Å²) in [5, 5.41) is 4.19. The highest BCUT2D eigenvalue weighted by atomic mass is 16.6. The molecular formula is C21H21N5O2. The Labute approximate surface area is 163 Å². The highest BCUT2D eigenvalue weighted by Crippen LogP contribution is 2.31. The first-order chi connectivity index (χ1) is 13.7. The molecule has 3 heterocycles. The van der Waals surface area contributed by atoms with Crippen LogP contribution in [0.1, 0.15) is 29.2 Å². The van der Waals surface area contributed by atoms with Crippen LogP contribution in [-0.2, 0) is 17.9 Å². The zero-order valence-electron chi connectivity index (χ0n) is 15.3. The van der Waals surface area contributed by atoms with Gasteiger partial charge in [0.15, 0.2) is 6.10 Å². The van der Waals surface area contributed by atoms with Crippen LogP contribution in [0.25, 0.3) is 0 Å². The van der Waals surface area contributed by atoms with Crippen LogP contribution in [0, 0.1) is 0 Å². The molecule has 7 nitrogen and oxygen atoms in total. The molecule has 1 aliphatic heterocycles. The van der Waals surface area contributed by atoms with Gasteiger partial charge in [0, 0.05) is 30.7 Å². The van der Waals surface area contributed by atoms with E-state index >= 15 is 0 Å². The fourth-order valence-corrected chi connectivity index (χ4v) is 3.04. The predicted molar refractivity (Wildman–Crippen MR) is 108 cm³/mol. The Kier molecular flexibility index (Phi) is 5.05. The molecule has 142 valence electrons. The van der Waals surface area contributed by atoms with E-state index in [1.165, 1.54) is 0 Å². The number of oxime groups is 1. The monoisotopic (exact) mass is 375 g/mol. The van der Waals surface area contributed by atoms with Gasteiger partial charge in [-0.1, -0.05) is 41.6 Å². The molecule has 0 spiro atoms. The molecule has 0 bridgehead atoms. The maximum atomic E-state index is 5.94. The quantitative estimate of drug-likeness (QED) is 0.684. The van der Waals surface area contributed by atoms with Crippen molar-refractivity contribution in [2.24, 2.45) is 5.16 Å². The largest absolute Gasteiger partial charge is 0.473 e. The van der Waals surface area contributed by atoms with E-state index < -0.39 is 0 Å². The summed E-state index contributed by atoms with van der Waals surface area (Å²) in [6.07, 6.45) is 2.88. The summed E-state index contributed by atoms with van der Waals surface area (Å²) < 4.78 is 5.72. The van der Waals surface area contributed by atoms with Gasteiger partial charge in [0.05, 0.1) is 5.71 Å². The zero-order valence-corrected chi connectivity index (χ0v) is 15.3. The first kappa shape index (κ1) is 17.8. The molecule has 0 saturated heterocycles. The first-order valence-electron chi connectivity index (χ1n) is 9.02. The van der Waals surface area contributed by atoms with Crippen LogP contribution in [-0.4, -0.2) is 15.7 Å². The molecule has 0 saturated carbocycles. The SMILES string of the molecule is Nc1ccc(C2CC(Cc3ccc(OCc4ccccc4)nc3)=NO2)c(N)n1. The molecule has 0 fully saturated rings. The summed E-state index contributed by atoms with van der Waals surface area (Å²) in [5.74, 6) is 1.36. The Hall–Kier alpha value is -3.61. The molecule has 4 rings (SSSR count). The third-order valence-electron chi connectivity index (χ3n) is 4.49. The number of hydrogen-bond acceptors (Lipinski definition) is 7. The van der Waals surface area contributed by atoms with Crippen LogP contribution in [0.2, 0.25) is 0 Å². The molecule has 2 aromatic heterocycles. The smallest absolute Gasteiger partial charge is 0.213 e. The minimum atomic E-state index is -0.232. The van der Waals surface area contributed by atoms with Gasteiger partial charge in [0.1, 0.15) is 18.2 Å². The minimum Gasteiger partial charge on any atom is -0.473 e. The molecule has 0 radical (unpaired) electrons. The molecule has 1 atom stereocenters. The predicted octanol–water partition coefficient (Wildman–Crippen LogP) is 3.28. The van der Waals surface area contributed by atoms with Crippen molar-refractivity contribution in [3.8, 4) is 5.88 Å². The van der Waals surface area contributed by atoms with Gasteiger partial charge >= 0.3 is 0 Å². The standard InChI is InChI=1S/C21H21N5O2/c22-19-8-7-17(21(23)25-19)18-11-16(26-28-18)10-15-6-9-20(24-12-15)27-13-14-4-2-1-3-5-14/h1-9,12,18H,10-11,13H2,(H4,22,23,25). The van der Waals surface area contributed by atoms with Crippen LogP contribution >= 0.6 is 0 Å². The van der Waals surface area contributed by atoms with Crippen LogP contribution in [0.15, 0.2) is 65.9 Å². The molecule has 28 heavy (non-hydrogen) atoms. The van der Waals surface area contributed by atoms with E-state index in [0.29, 0.717) is 37.0 Å². The summed E-state index contributed by atoms with van der Waals surface area (Å²) in [6, 6.07) is 17.4. The average molecular weight is 375 g/mol. The molecule has 3 aromatic rings. The molecule has 1 aromatic carbocycles. The van der Waals surface area contributed by atoms with Gasteiger partial charge in [0.25, 0.3) is 0 Å². The fraction of sp³-hybridized carbons (Fsp3) is 0.190. The fourth-order valence-electron chi connectivity index (χ4n) is 3.04. The summed E-state index contributed by atoms with van der Waals surface area (Å²) in [7, 11) is 0. The Morgan fingerprint density at radius 3 is 2.61 bits per heavy atom. The van der Waals surface area contributed by atoms with Crippen molar-refractivity contribution in [2.45, 2.75) is 25.6 Å². The Morgan fingerprint density at radius 1 is 1.00 bits per heavy atom. The number of aromatic nitrogens is 2. The molecule has 1 unspecified atom stereocenters. The first-order valence-corrected chi connectivity index (χ1v) is 9.02. The minimum absolute atomic E-state index is 0.232. The van der Waals surface area contributed by atoms with Gasteiger partial charge in [-0.2, -0.15) is 0 Å². The lowest BCUT2D eigenvalue weighted by molar-refractivity contribution is 0.0860. The van der Waals surface area contributed by atoms with Gasteiger partial charge in [-0.15, -0.1) is 0 Å². The maximum Gasteiger partial charge on any atom is 0.213 e. The lowest BCUT2D eigenvalue weighted by Crippen LogP contribution is -2.08. The van der Waals surface area contributed by atoms with Crippen LogP contribution in [0.4, 0.5) is 11.6 Å². The van der Waals surface area contributed by atoms with Crippen LogP contribution in [0.5, 0.6) is 5.88 Å². The van der Waals surface area contributed by atoms with E-state index in [4.69, 9.17) is 21.0 Å². The lowest BCUT2D eigenvalue weighted by atomic mass is 10.0. The molecular weight excluding hydrogens is 354 g/mol. The van der Waals surface area contributed by atoms with Crippen LogP contribution < -0.4 is 16.2 Å². The molecule has 7 heteroatoms. The Bertz CT molecular complexity index is 974. The van der Waals surface area contributed by atoms with Crippen molar-refractivity contribution >= 4 is 17.3 Å². The number of nitrogens with zero attached hydrogens (tertiary/aromatic N) is 3. The Morgan fingerprint density at radius 2 is 1.86 bits per heavy atom. The average Bonchev–Trinajstić information content (AvgIpc) is 3.16. The number of benzene rings is 1. The second kappa shape index (κ2) is 7.96. The van der Waals surface area contributed by atoms with E-state index in [1.807, 2.05) is 48.5 Å². The van der Waals surface area contributed by atoms with Gasteiger partial charge in [0.2, 0.25) is 5.88 Å². The number of anilines is 2. The number of nitrogens with two attached hydrogens (primary N) is 2. The normalized spacial score (nSPS) is 15.7. The summed E-state index contributed by atoms with van der Waals surface area (Å²) in [5.41, 5.74) is 15.5. The number of nitrogen functional groups attached to an aromatic ring is 2. The van der Waals surface area contributed by atoms with Crippen LogP contribution in [0.3, 0.4) is 0 Å². The number of rotatable bonds is 6.